The molecule has 0 fully saturated rings. The molecule has 2 aromatic carbocycles. The third-order valence-corrected chi connectivity index (χ3v) is 3.65. The van der Waals surface area contributed by atoms with Crippen LogP contribution in [0.5, 0.6) is 5.75 Å². The van der Waals surface area contributed by atoms with Crippen LogP contribution in [-0.2, 0) is 6.42 Å². The van der Waals surface area contributed by atoms with Gasteiger partial charge in [-0.05, 0) is 18.4 Å². The number of hydrogen-bond acceptors (Lipinski definition) is 3. The van der Waals surface area contributed by atoms with Crippen LogP contribution in [0.4, 0.5) is 0 Å². The van der Waals surface area contributed by atoms with Gasteiger partial charge in [-0.3, -0.25) is 0 Å². The standard InChI is InChI=1S/C16H12O3/c1-9-8-13-15(18-9)12-7-6-10-4-2-3-5-11(10)14(12)19-16(13)17/h2-7,9H,8H2,1H3. The Kier molecular flexibility index (Phi) is 2.01. The van der Waals surface area contributed by atoms with Crippen molar-refractivity contribution in [2.75, 3.05) is 0 Å². The zero-order valence-electron chi connectivity index (χ0n) is 10.5. The molecule has 4 rings (SSSR count). The van der Waals surface area contributed by atoms with E-state index in [1.165, 1.54) is 0 Å². The van der Waals surface area contributed by atoms with Crippen molar-refractivity contribution in [2.24, 2.45) is 0 Å². The zero-order chi connectivity index (χ0) is 13.0. The van der Waals surface area contributed by atoms with E-state index < -0.39 is 0 Å². The Morgan fingerprint density at radius 2 is 1.95 bits per heavy atom. The maximum absolute atomic E-state index is 12.1. The van der Waals surface area contributed by atoms with Crippen LogP contribution in [0.1, 0.15) is 12.5 Å². The summed E-state index contributed by atoms with van der Waals surface area (Å²) in [4.78, 5) is 12.1. The Balaban J connectivity index is 2.21. The van der Waals surface area contributed by atoms with Crippen LogP contribution in [0.25, 0.3) is 21.7 Å². The zero-order valence-corrected chi connectivity index (χ0v) is 10.5. The van der Waals surface area contributed by atoms with Gasteiger partial charge in [-0.15, -0.1) is 0 Å². The van der Waals surface area contributed by atoms with E-state index >= 15 is 0 Å². The topological polar surface area (TPSA) is 39.4 Å². The molecule has 1 aromatic heterocycles. The Morgan fingerprint density at radius 3 is 2.84 bits per heavy atom. The quantitative estimate of drug-likeness (QED) is 0.455. The van der Waals surface area contributed by atoms with Crippen molar-refractivity contribution < 1.29 is 9.15 Å². The molecule has 2 heterocycles. The molecule has 3 heteroatoms. The van der Waals surface area contributed by atoms with Crippen molar-refractivity contribution >= 4 is 21.7 Å². The minimum atomic E-state index is -0.275. The van der Waals surface area contributed by atoms with E-state index in [4.69, 9.17) is 9.15 Å². The number of ether oxygens (including phenoxy) is 1. The first-order chi connectivity index (χ1) is 9.24. The first-order valence-corrected chi connectivity index (χ1v) is 6.38. The molecule has 19 heavy (non-hydrogen) atoms. The minimum absolute atomic E-state index is 0.0370. The molecule has 0 spiro atoms. The maximum Gasteiger partial charge on any atom is 0.343 e. The Labute approximate surface area is 109 Å². The molecule has 0 saturated carbocycles. The van der Waals surface area contributed by atoms with Crippen molar-refractivity contribution in [1.82, 2.24) is 0 Å². The average molecular weight is 252 g/mol. The maximum atomic E-state index is 12.1. The summed E-state index contributed by atoms with van der Waals surface area (Å²) in [5.41, 5.74) is 1.01. The summed E-state index contributed by atoms with van der Waals surface area (Å²) in [5.74, 6) is 0.699. The van der Waals surface area contributed by atoms with Crippen molar-refractivity contribution in [3.8, 4) is 5.75 Å². The largest absolute Gasteiger partial charge is 0.489 e. The first kappa shape index (κ1) is 10.6. The summed E-state index contributed by atoms with van der Waals surface area (Å²) in [6, 6.07) is 11.9. The van der Waals surface area contributed by atoms with Gasteiger partial charge >= 0.3 is 5.63 Å². The van der Waals surface area contributed by atoms with Gasteiger partial charge in [0.2, 0.25) is 0 Å². The summed E-state index contributed by atoms with van der Waals surface area (Å²) >= 11 is 0. The highest BCUT2D eigenvalue weighted by molar-refractivity contribution is 6.06. The van der Waals surface area contributed by atoms with Gasteiger partial charge < -0.3 is 9.15 Å². The van der Waals surface area contributed by atoms with Gasteiger partial charge in [0.05, 0.1) is 10.9 Å². The van der Waals surface area contributed by atoms with Crippen molar-refractivity contribution in [3.05, 3.63) is 52.4 Å². The highest BCUT2D eigenvalue weighted by atomic mass is 16.5. The normalized spacial score (nSPS) is 17.6. The van der Waals surface area contributed by atoms with Crippen LogP contribution in [0.15, 0.2) is 45.6 Å². The number of rotatable bonds is 0. The second-order valence-corrected chi connectivity index (χ2v) is 4.99. The lowest BCUT2D eigenvalue weighted by molar-refractivity contribution is 0.257. The fourth-order valence-electron chi connectivity index (χ4n) is 2.78. The lowest BCUT2D eigenvalue weighted by Gasteiger charge is -2.07. The van der Waals surface area contributed by atoms with Gasteiger partial charge in [-0.2, -0.15) is 0 Å². The molecule has 0 aliphatic carbocycles. The fourth-order valence-corrected chi connectivity index (χ4v) is 2.78. The average Bonchev–Trinajstić information content (AvgIpc) is 2.81. The second kappa shape index (κ2) is 3.60. The SMILES string of the molecule is CC1Cc2c(c3ccc4ccccc4c3oc2=O)O1. The summed E-state index contributed by atoms with van der Waals surface area (Å²) in [5, 5.41) is 2.89. The Bertz CT molecular complexity index is 861. The Hall–Kier alpha value is -2.29. The first-order valence-electron chi connectivity index (χ1n) is 6.38. The van der Waals surface area contributed by atoms with E-state index in [1.807, 2.05) is 43.3 Å². The molecule has 0 saturated heterocycles. The van der Waals surface area contributed by atoms with E-state index in [-0.39, 0.29) is 11.7 Å². The predicted molar refractivity (Wildman–Crippen MR) is 73.8 cm³/mol. The molecule has 0 bridgehead atoms. The van der Waals surface area contributed by atoms with Gasteiger partial charge in [-0.1, -0.05) is 30.3 Å². The molecule has 1 unspecified atom stereocenters. The number of benzene rings is 2. The second-order valence-electron chi connectivity index (χ2n) is 4.99. The van der Waals surface area contributed by atoms with Crippen LogP contribution in [0, 0.1) is 0 Å². The third-order valence-electron chi connectivity index (χ3n) is 3.65. The molecule has 3 nitrogen and oxygen atoms in total. The fraction of sp³-hybridized carbons (Fsp3) is 0.188. The minimum Gasteiger partial charge on any atom is -0.489 e. The summed E-state index contributed by atoms with van der Waals surface area (Å²) in [7, 11) is 0. The summed E-state index contributed by atoms with van der Waals surface area (Å²) in [6.07, 6.45) is 0.662. The molecule has 1 aliphatic heterocycles. The molecule has 0 amide bonds. The molecular formula is C16H12O3. The van der Waals surface area contributed by atoms with Gasteiger partial charge in [0.15, 0.2) is 0 Å². The molecule has 3 aromatic rings. The number of hydrogen-bond donors (Lipinski definition) is 0. The van der Waals surface area contributed by atoms with Gasteiger partial charge in [0.25, 0.3) is 0 Å². The van der Waals surface area contributed by atoms with E-state index in [9.17, 15) is 4.79 Å². The van der Waals surface area contributed by atoms with E-state index in [1.54, 1.807) is 0 Å². The number of fused-ring (bicyclic) bond motifs is 5. The predicted octanol–water partition coefficient (Wildman–Crippen LogP) is 3.27. The Morgan fingerprint density at radius 1 is 1.11 bits per heavy atom. The van der Waals surface area contributed by atoms with Crippen molar-refractivity contribution in [3.63, 3.8) is 0 Å². The molecule has 0 N–H and O–H groups in total. The summed E-state index contributed by atoms with van der Waals surface area (Å²) in [6.45, 7) is 1.96. The highest BCUT2D eigenvalue weighted by Gasteiger charge is 2.26. The highest BCUT2D eigenvalue weighted by Crippen LogP contribution is 2.36. The molecular weight excluding hydrogens is 240 g/mol. The smallest absolute Gasteiger partial charge is 0.343 e. The van der Waals surface area contributed by atoms with Gasteiger partial charge in [0.1, 0.15) is 17.4 Å². The molecule has 94 valence electrons. The molecule has 1 aliphatic rings. The lowest BCUT2D eigenvalue weighted by Crippen LogP contribution is -2.08. The van der Waals surface area contributed by atoms with Crippen molar-refractivity contribution in [1.29, 1.82) is 0 Å². The van der Waals surface area contributed by atoms with E-state index in [0.717, 1.165) is 16.2 Å². The van der Waals surface area contributed by atoms with Crippen LogP contribution in [0.2, 0.25) is 0 Å². The van der Waals surface area contributed by atoms with Crippen LogP contribution < -0.4 is 10.4 Å². The van der Waals surface area contributed by atoms with Gasteiger partial charge in [-0.25, -0.2) is 4.79 Å². The van der Waals surface area contributed by atoms with Crippen LogP contribution >= 0.6 is 0 Å². The van der Waals surface area contributed by atoms with E-state index in [2.05, 4.69) is 0 Å². The third kappa shape index (κ3) is 1.41. The lowest BCUT2D eigenvalue weighted by atomic mass is 10.0. The monoisotopic (exact) mass is 252 g/mol. The van der Waals surface area contributed by atoms with Crippen LogP contribution in [-0.4, -0.2) is 6.10 Å². The van der Waals surface area contributed by atoms with E-state index in [0.29, 0.717) is 23.3 Å². The van der Waals surface area contributed by atoms with Crippen molar-refractivity contribution in [2.45, 2.75) is 19.4 Å². The summed E-state index contributed by atoms with van der Waals surface area (Å²) < 4.78 is 11.3. The van der Waals surface area contributed by atoms with Gasteiger partial charge in [0, 0.05) is 11.8 Å². The van der Waals surface area contributed by atoms with Crippen LogP contribution in [0.3, 0.4) is 0 Å². The molecule has 1 atom stereocenters. The molecule has 0 radical (unpaired) electrons.